The molecule has 128 heavy (non-hydrogen) atoms. The van der Waals surface area contributed by atoms with Gasteiger partial charge in [0, 0.05) is 67.1 Å². The Balaban J connectivity index is 0.000000705. The van der Waals surface area contributed by atoms with Crippen LogP contribution >= 0.6 is 0 Å². The molecule has 2 fully saturated rings. The fraction of sp³-hybridized carbons (Fsp3) is 0.702. The molecule has 2 aromatic carbocycles. The molecule has 4 aromatic heterocycles. The number of fused-ring (bicyclic) bond motifs is 8. The van der Waals surface area contributed by atoms with Crippen LogP contribution in [0.3, 0.4) is 0 Å². The van der Waals surface area contributed by atoms with Crippen LogP contribution in [0.1, 0.15) is 435 Å². The molecular weight excluding hydrogens is 1550 g/mol. The minimum absolute atomic E-state index is 0.422. The number of rotatable bonds is 8. The number of morpholine rings is 1. The topological polar surface area (TPSA) is 84.9 Å². The molecule has 0 bridgehead atoms. The summed E-state index contributed by atoms with van der Waals surface area (Å²) in [5.74, 6) is 14.4. The second kappa shape index (κ2) is 73.8. The number of pyridine rings is 4. The lowest BCUT2D eigenvalue weighted by molar-refractivity contribution is -0.0228. The van der Waals surface area contributed by atoms with Crippen LogP contribution in [-0.4, -0.2) is 58.3 Å². The number of allylic oxidation sites excluding steroid dienone is 2. The Morgan fingerprint density at radius 2 is 0.797 bits per heavy atom. The van der Waals surface area contributed by atoms with Crippen molar-refractivity contribution in [2.24, 2.45) is 88.8 Å². The molecule has 8 aliphatic carbocycles. The molecule has 0 radical (unpaired) electrons. The molecule has 2 N–H and O–H groups in total. The minimum atomic E-state index is 0.422. The molecule has 12 atom stereocenters. The number of benzene rings is 2. The summed E-state index contributed by atoms with van der Waals surface area (Å²) in [4.78, 5) is 17.4. The van der Waals surface area contributed by atoms with Gasteiger partial charge in [0.2, 0.25) is 0 Å². The Labute approximate surface area is 796 Å². The lowest BCUT2D eigenvalue weighted by atomic mass is 9.73. The second-order valence-corrected chi connectivity index (χ2v) is 41.3. The number of aromatic nitrogens is 4. The third-order valence-electron chi connectivity index (χ3n) is 25.9. The van der Waals surface area contributed by atoms with E-state index in [1.807, 2.05) is 31.0 Å². The molecule has 0 spiro atoms. The molecule has 7 heteroatoms. The van der Waals surface area contributed by atoms with Crippen LogP contribution in [0.2, 0.25) is 0 Å². The molecule has 0 amide bonds. The van der Waals surface area contributed by atoms with Gasteiger partial charge >= 0.3 is 0 Å². The Morgan fingerprint density at radius 3 is 1.33 bits per heavy atom. The molecule has 12 unspecified atom stereocenters. The highest BCUT2D eigenvalue weighted by atomic mass is 16.5. The van der Waals surface area contributed by atoms with Gasteiger partial charge in [-0.25, -0.2) is 0 Å². The van der Waals surface area contributed by atoms with Gasteiger partial charge in [0.25, 0.3) is 0 Å². The Kier molecular flexibility index (Phi) is 69.4. The SMILES string of the molecule is CC(C)C1C=CC2CCNCC2C1.CC(C)C1C=CCC2OCCNC21.CC(C)C1CCCc2ccccc21.CC(C)C1CCCc2cccnc21.CC(C)C1CCCc2ccncc21.CC(C)C1CCc2ccccc2C1.CC(C)C1CCc2cccnc2C1.CC(C)C1CCc2ccncc2C1.CCC.CCC.CCC.CCC.CCC.CCC.CCC.CCC. The van der Waals surface area contributed by atoms with E-state index in [9.17, 15) is 0 Å². The fourth-order valence-electron chi connectivity index (χ4n) is 18.8. The van der Waals surface area contributed by atoms with E-state index in [0.717, 1.165) is 108 Å². The maximum absolute atomic E-state index is 5.75. The lowest BCUT2D eigenvalue weighted by Gasteiger charge is -2.40. The number of hydrogen-bond donors (Lipinski definition) is 2. The molecule has 6 heterocycles. The van der Waals surface area contributed by atoms with Crippen molar-refractivity contribution in [3.05, 3.63) is 213 Å². The summed E-state index contributed by atoms with van der Waals surface area (Å²) in [6, 6.07) is 31.3. The van der Waals surface area contributed by atoms with Gasteiger partial charge in [-0.15, -0.1) is 0 Å². The van der Waals surface area contributed by atoms with Crippen molar-refractivity contribution in [2.75, 3.05) is 26.2 Å². The van der Waals surface area contributed by atoms with Crippen molar-refractivity contribution in [3.8, 4) is 0 Å². The van der Waals surface area contributed by atoms with Crippen molar-refractivity contribution in [2.45, 2.75) is 438 Å². The van der Waals surface area contributed by atoms with E-state index in [1.54, 1.807) is 22.3 Å². The summed E-state index contributed by atoms with van der Waals surface area (Å²) in [5.41, 5.74) is 18.1. The number of aryl methyl sites for hydroxylation is 6. The zero-order chi connectivity index (χ0) is 95.7. The van der Waals surface area contributed by atoms with Gasteiger partial charge in [-0.05, 0) is 328 Å². The molecular formula is C121H208N6O. The Morgan fingerprint density at radius 1 is 0.359 bits per heavy atom. The molecule has 2 aliphatic heterocycles. The van der Waals surface area contributed by atoms with E-state index in [-0.39, 0.29) is 0 Å². The van der Waals surface area contributed by atoms with Gasteiger partial charge < -0.3 is 15.4 Å². The predicted molar refractivity (Wildman–Crippen MR) is 570 cm³/mol. The van der Waals surface area contributed by atoms with Crippen LogP contribution in [0.25, 0.3) is 0 Å². The van der Waals surface area contributed by atoms with E-state index in [0.29, 0.717) is 29.9 Å². The summed E-state index contributed by atoms with van der Waals surface area (Å²) < 4.78 is 5.75. The monoisotopic (exact) mass is 1760 g/mol. The average Bonchev–Trinajstić information content (AvgIpc) is 0.832. The molecule has 7 nitrogen and oxygen atoms in total. The van der Waals surface area contributed by atoms with E-state index < -0.39 is 0 Å². The first-order valence-electron chi connectivity index (χ1n) is 53.8. The number of hydrogen-bond acceptors (Lipinski definition) is 7. The average molecular weight is 1760 g/mol. The van der Waals surface area contributed by atoms with Crippen LogP contribution in [0, 0.1) is 88.8 Å². The Hall–Kier alpha value is -5.60. The molecule has 2 saturated heterocycles. The Bertz CT molecular complexity index is 3330. The third-order valence-corrected chi connectivity index (χ3v) is 25.9. The zero-order valence-corrected chi connectivity index (χ0v) is 89.9. The number of nitrogens with zero attached hydrogens (tertiary/aromatic N) is 4. The first-order chi connectivity index (χ1) is 61.5. The summed E-state index contributed by atoms with van der Waals surface area (Å²) in [6.45, 7) is 75.5. The van der Waals surface area contributed by atoms with E-state index in [2.05, 4.69) is 368 Å². The third kappa shape index (κ3) is 47.3. The molecule has 728 valence electrons. The van der Waals surface area contributed by atoms with Crippen LogP contribution in [0.4, 0.5) is 0 Å². The smallest absolute Gasteiger partial charge is 0.0768 e. The second-order valence-electron chi connectivity index (χ2n) is 41.3. The van der Waals surface area contributed by atoms with Crippen LogP contribution in [-0.2, 0) is 62.5 Å². The normalized spacial score (nSPS) is 22.2. The van der Waals surface area contributed by atoms with Gasteiger partial charge in [-0.1, -0.05) is 358 Å². The van der Waals surface area contributed by atoms with E-state index >= 15 is 0 Å². The van der Waals surface area contributed by atoms with Crippen LogP contribution < -0.4 is 10.6 Å². The van der Waals surface area contributed by atoms with E-state index in [4.69, 9.17) is 4.74 Å². The summed E-state index contributed by atoms with van der Waals surface area (Å²) in [5, 5.41) is 7.09. The predicted octanol–water partition coefficient (Wildman–Crippen LogP) is 34.6. The molecule has 6 aromatic rings. The summed E-state index contributed by atoms with van der Waals surface area (Å²) in [6.07, 6.45) is 59.1. The van der Waals surface area contributed by atoms with Crippen molar-refractivity contribution >= 4 is 0 Å². The minimum Gasteiger partial charge on any atom is -0.375 e. The highest BCUT2D eigenvalue weighted by Gasteiger charge is 2.35. The number of ether oxygens (including phenoxy) is 1. The highest BCUT2D eigenvalue weighted by molar-refractivity contribution is 5.34. The highest BCUT2D eigenvalue weighted by Crippen LogP contribution is 2.41. The van der Waals surface area contributed by atoms with Gasteiger partial charge in [0.1, 0.15) is 0 Å². The standard InChI is InChI=1S/2C13H18.C12H17N.C12H21N.3C12H17N.C11H19NO.8C3H8/c1-10(2)12-9-5-7-11-6-3-4-8-13(11)12;1-10(2)12-8-7-11-5-3-4-6-13(11)9-12;1-9(2)11-7-3-5-10-6-4-8-13-12(10)11;2*1-9(2)11-4-3-10-5-6-13-8-12(10)7-11;1-9(2)11-6-5-10-4-3-7-13-12(10)8-11;1-9(2)11-5-3-4-10-6-7-13-8-12(10)11;1-8(2)9-4-3-5-10-11(9)12-6-7-13-10;8*1-3-2/h3-4,6,8,10,12H,5,7,9H2,1-2H3;3-6,10,12H,7-9H2,1-2H3;4,6,8-9,11H,3,5,7H2,1-2H3;3-4,9-13H,5-8H2,1-2H3;5-6,8-9,11H,3-4,7H2,1-2H3;3-4,7,9,11H,5-6,8H2,1-2H3;6-9,11H,3-5H2,1-2H3;3-4,8-12H,5-7H2,1-2H3;8*3H2,1-2H3. The van der Waals surface area contributed by atoms with Crippen molar-refractivity contribution in [1.82, 2.24) is 30.6 Å². The summed E-state index contributed by atoms with van der Waals surface area (Å²) in [7, 11) is 0. The largest absolute Gasteiger partial charge is 0.375 e. The quantitative estimate of drug-likeness (QED) is 0.147. The van der Waals surface area contributed by atoms with Crippen molar-refractivity contribution in [1.29, 1.82) is 0 Å². The van der Waals surface area contributed by atoms with Crippen LogP contribution in [0.5, 0.6) is 0 Å². The number of nitrogens with one attached hydrogen (secondary N) is 2. The van der Waals surface area contributed by atoms with Gasteiger partial charge in [-0.2, -0.15) is 0 Å². The van der Waals surface area contributed by atoms with Crippen LogP contribution in [0.15, 0.2) is 146 Å². The maximum Gasteiger partial charge on any atom is 0.0768 e. The zero-order valence-electron chi connectivity index (χ0n) is 89.9. The molecule has 10 aliphatic rings. The van der Waals surface area contributed by atoms with Crippen molar-refractivity contribution < 1.29 is 4.74 Å². The lowest BCUT2D eigenvalue weighted by Crippen LogP contribution is -2.54. The van der Waals surface area contributed by atoms with Crippen molar-refractivity contribution in [3.63, 3.8) is 0 Å². The first kappa shape index (κ1) is 120. The summed E-state index contributed by atoms with van der Waals surface area (Å²) >= 11 is 0. The number of piperidine rings is 1. The van der Waals surface area contributed by atoms with E-state index in [1.165, 1.54) is 238 Å². The van der Waals surface area contributed by atoms with Gasteiger partial charge in [-0.3, -0.25) is 19.9 Å². The molecule has 16 rings (SSSR count). The molecule has 0 saturated carbocycles. The maximum atomic E-state index is 5.75. The van der Waals surface area contributed by atoms with Gasteiger partial charge in [0.15, 0.2) is 0 Å². The first-order valence-corrected chi connectivity index (χ1v) is 53.8. The fourth-order valence-corrected chi connectivity index (χ4v) is 18.8. The van der Waals surface area contributed by atoms with Gasteiger partial charge in [0.05, 0.1) is 12.7 Å².